The summed E-state index contributed by atoms with van der Waals surface area (Å²) in [4.78, 5) is 32.3. The second-order valence-corrected chi connectivity index (χ2v) is 7.81. The maximum absolute atomic E-state index is 14.2. The molecule has 0 aliphatic rings. The third-order valence-corrected chi connectivity index (χ3v) is 5.53. The third kappa shape index (κ3) is 5.38. The fraction of sp³-hybridized carbons (Fsp3) is 0.138. The Labute approximate surface area is 199 Å². The number of ether oxygens (including phenoxy) is 1. The van der Waals surface area contributed by atoms with Crippen LogP contribution in [0.25, 0.3) is 0 Å². The molecule has 3 aromatic carbocycles. The zero-order chi connectivity index (χ0) is 23.8. The van der Waals surface area contributed by atoms with Crippen LogP contribution in [0.15, 0.2) is 109 Å². The van der Waals surface area contributed by atoms with E-state index in [2.05, 4.69) is 4.98 Å². The molecule has 0 atom stereocenters. The van der Waals surface area contributed by atoms with Crippen molar-refractivity contribution in [3.05, 3.63) is 132 Å². The molecule has 1 heterocycles. The number of esters is 1. The summed E-state index contributed by atoms with van der Waals surface area (Å²) in [7, 11) is 0. The Morgan fingerprint density at radius 2 is 1.44 bits per heavy atom. The fourth-order valence-corrected chi connectivity index (χ4v) is 3.89. The normalized spacial score (nSPS) is 10.6. The summed E-state index contributed by atoms with van der Waals surface area (Å²) in [6, 6.07) is 30.3. The summed E-state index contributed by atoms with van der Waals surface area (Å²) in [5.41, 5.74) is 3.88. The van der Waals surface area contributed by atoms with Gasteiger partial charge in [0.1, 0.15) is 0 Å². The minimum atomic E-state index is -0.483. The number of rotatable bonds is 8. The molecule has 0 saturated carbocycles. The van der Waals surface area contributed by atoms with E-state index < -0.39 is 5.92 Å². The van der Waals surface area contributed by atoms with Gasteiger partial charge in [0.15, 0.2) is 0 Å². The number of carbonyl (C=O) groups excluding carboxylic acids is 2. The van der Waals surface area contributed by atoms with Gasteiger partial charge in [0, 0.05) is 18.1 Å². The minimum absolute atomic E-state index is 0.0647. The van der Waals surface area contributed by atoms with E-state index in [4.69, 9.17) is 4.74 Å². The van der Waals surface area contributed by atoms with Crippen LogP contribution in [0.5, 0.6) is 0 Å². The summed E-state index contributed by atoms with van der Waals surface area (Å²) >= 11 is 0. The first kappa shape index (κ1) is 22.9. The van der Waals surface area contributed by atoms with Crippen LogP contribution in [0.1, 0.15) is 39.9 Å². The molecule has 1 amide bonds. The Hall–Kier alpha value is -4.25. The molecule has 34 heavy (non-hydrogen) atoms. The molecule has 0 spiro atoms. The molecule has 0 unspecified atom stereocenters. The lowest BCUT2D eigenvalue weighted by atomic mass is 9.89. The average Bonchev–Trinajstić information content (AvgIpc) is 2.89. The van der Waals surface area contributed by atoms with E-state index in [9.17, 15) is 9.59 Å². The number of anilines is 1. The summed E-state index contributed by atoms with van der Waals surface area (Å²) in [6.07, 6.45) is 3.47. The van der Waals surface area contributed by atoms with Crippen LogP contribution < -0.4 is 4.90 Å². The van der Waals surface area contributed by atoms with Crippen LogP contribution in [-0.2, 0) is 16.1 Å². The van der Waals surface area contributed by atoms with E-state index >= 15 is 0 Å². The van der Waals surface area contributed by atoms with Gasteiger partial charge < -0.3 is 9.64 Å². The van der Waals surface area contributed by atoms with Gasteiger partial charge in [-0.1, -0.05) is 66.7 Å². The van der Waals surface area contributed by atoms with Crippen molar-refractivity contribution in [2.24, 2.45) is 0 Å². The zero-order valence-electron chi connectivity index (χ0n) is 19.0. The summed E-state index contributed by atoms with van der Waals surface area (Å²) < 4.78 is 5.10. The Bertz CT molecular complexity index is 1170. The fourth-order valence-electron chi connectivity index (χ4n) is 3.89. The lowest BCUT2D eigenvalue weighted by Crippen LogP contribution is -2.35. The van der Waals surface area contributed by atoms with Crippen LogP contribution >= 0.6 is 0 Å². The van der Waals surface area contributed by atoms with E-state index in [0.29, 0.717) is 24.4 Å². The van der Waals surface area contributed by atoms with E-state index in [1.807, 2.05) is 72.8 Å². The first-order valence-electron chi connectivity index (χ1n) is 11.2. The van der Waals surface area contributed by atoms with Crippen LogP contribution in [0, 0.1) is 0 Å². The lowest BCUT2D eigenvalue weighted by molar-refractivity contribution is -0.119. The Morgan fingerprint density at radius 1 is 0.824 bits per heavy atom. The summed E-state index contributed by atoms with van der Waals surface area (Å²) in [6.45, 7) is 2.43. The molecular formula is C29H26N2O3. The van der Waals surface area contributed by atoms with Crippen LogP contribution in [-0.4, -0.2) is 23.5 Å². The molecule has 4 rings (SSSR count). The second kappa shape index (κ2) is 11.1. The average molecular weight is 451 g/mol. The van der Waals surface area contributed by atoms with Gasteiger partial charge >= 0.3 is 5.97 Å². The van der Waals surface area contributed by atoms with Gasteiger partial charge in [-0.15, -0.1) is 0 Å². The topological polar surface area (TPSA) is 59.5 Å². The molecule has 0 aliphatic heterocycles. The predicted molar refractivity (Wildman–Crippen MR) is 133 cm³/mol. The van der Waals surface area contributed by atoms with E-state index in [1.165, 1.54) is 0 Å². The third-order valence-electron chi connectivity index (χ3n) is 5.53. The van der Waals surface area contributed by atoms with E-state index in [1.54, 1.807) is 48.5 Å². The highest BCUT2D eigenvalue weighted by molar-refractivity contribution is 6.00. The molecule has 5 nitrogen and oxygen atoms in total. The Morgan fingerprint density at radius 3 is 1.97 bits per heavy atom. The first-order valence-corrected chi connectivity index (χ1v) is 11.2. The molecule has 0 radical (unpaired) electrons. The number of pyridine rings is 1. The highest BCUT2D eigenvalue weighted by Gasteiger charge is 2.29. The highest BCUT2D eigenvalue weighted by Crippen LogP contribution is 2.30. The maximum atomic E-state index is 14.2. The highest BCUT2D eigenvalue weighted by atomic mass is 16.5. The van der Waals surface area contributed by atoms with Crippen molar-refractivity contribution < 1.29 is 14.3 Å². The van der Waals surface area contributed by atoms with Gasteiger partial charge in [0.05, 0.1) is 24.6 Å². The van der Waals surface area contributed by atoms with Gasteiger partial charge in [0.25, 0.3) is 0 Å². The predicted octanol–water partition coefficient (Wildman–Crippen LogP) is 5.62. The molecule has 0 bridgehead atoms. The molecule has 0 N–H and O–H groups in total. The van der Waals surface area contributed by atoms with Crippen molar-refractivity contribution in [3.63, 3.8) is 0 Å². The van der Waals surface area contributed by atoms with Crippen LogP contribution in [0.4, 0.5) is 5.69 Å². The number of aromatic nitrogens is 1. The SMILES string of the molecule is CCOC(=O)c1ccc(N(Cc2cccnc2)C(=O)C(c2ccccc2)c2ccccc2)cc1. The molecule has 5 heteroatoms. The smallest absolute Gasteiger partial charge is 0.338 e. The molecule has 1 aromatic heterocycles. The first-order chi connectivity index (χ1) is 16.7. The van der Waals surface area contributed by atoms with Gasteiger partial charge in [-0.3, -0.25) is 9.78 Å². The Balaban J connectivity index is 1.75. The maximum Gasteiger partial charge on any atom is 0.338 e. The van der Waals surface area contributed by atoms with Crippen molar-refractivity contribution in [2.45, 2.75) is 19.4 Å². The number of hydrogen-bond donors (Lipinski definition) is 0. The van der Waals surface area contributed by atoms with Gasteiger partial charge in [-0.05, 0) is 53.9 Å². The number of carbonyl (C=O) groups is 2. The van der Waals surface area contributed by atoms with Crippen LogP contribution in [0.2, 0.25) is 0 Å². The number of amides is 1. The summed E-state index contributed by atoms with van der Waals surface area (Å²) in [5.74, 6) is -0.931. The van der Waals surface area contributed by atoms with Gasteiger partial charge in [-0.25, -0.2) is 4.79 Å². The molecule has 0 aliphatic carbocycles. The van der Waals surface area contributed by atoms with Crippen LogP contribution in [0.3, 0.4) is 0 Å². The molecule has 170 valence electrons. The second-order valence-electron chi connectivity index (χ2n) is 7.81. The molecule has 0 fully saturated rings. The van der Waals surface area contributed by atoms with E-state index in [0.717, 1.165) is 16.7 Å². The quantitative estimate of drug-likeness (QED) is 0.327. The monoisotopic (exact) mass is 450 g/mol. The standard InChI is InChI=1S/C29H26N2O3/c1-2-34-29(33)25-15-17-26(18-16-25)31(21-22-10-9-19-30-20-22)28(32)27(23-11-5-3-6-12-23)24-13-7-4-8-14-24/h3-20,27H,2,21H2,1H3. The lowest BCUT2D eigenvalue weighted by Gasteiger charge is -2.28. The van der Waals surface area contributed by atoms with Gasteiger partial charge in [0.2, 0.25) is 5.91 Å². The molecular weight excluding hydrogens is 424 g/mol. The van der Waals surface area contributed by atoms with Crippen molar-refractivity contribution in [1.29, 1.82) is 0 Å². The van der Waals surface area contributed by atoms with Crippen molar-refractivity contribution >= 4 is 17.6 Å². The number of benzene rings is 3. The number of nitrogens with zero attached hydrogens (tertiary/aromatic N) is 2. The van der Waals surface area contributed by atoms with Gasteiger partial charge in [-0.2, -0.15) is 0 Å². The summed E-state index contributed by atoms with van der Waals surface area (Å²) in [5, 5.41) is 0. The molecule has 4 aromatic rings. The number of hydrogen-bond acceptors (Lipinski definition) is 4. The Kier molecular flexibility index (Phi) is 7.45. The van der Waals surface area contributed by atoms with Crippen molar-refractivity contribution in [3.8, 4) is 0 Å². The molecule has 0 saturated heterocycles. The van der Waals surface area contributed by atoms with Crippen molar-refractivity contribution in [2.75, 3.05) is 11.5 Å². The zero-order valence-corrected chi connectivity index (χ0v) is 19.0. The largest absolute Gasteiger partial charge is 0.462 e. The van der Waals surface area contributed by atoms with Crippen molar-refractivity contribution in [1.82, 2.24) is 4.98 Å². The minimum Gasteiger partial charge on any atom is -0.462 e. The van der Waals surface area contributed by atoms with E-state index in [-0.39, 0.29) is 11.9 Å².